The minimum atomic E-state index is 0.441. The van der Waals surface area contributed by atoms with Crippen LogP contribution in [0, 0.1) is 0 Å². The van der Waals surface area contributed by atoms with Gasteiger partial charge in [-0.05, 0) is 36.0 Å². The van der Waals surface area contributed by atoms with Crippen molar-refractivity contribution in [1.82, 2.24) is 4.98 Å². The largest absolute Gasteiger partial charge is 0.485 e. The molecule has 0 saturated carbocycles. The Balaban J connectivity index is 2.36. The van der Waals surface area contributed by atoms with Gasteiger partial charge < -0.3 is 9.72 Å². The average molecular weight is 302 g/mol. The number of nitrogens with one attached hydrogen (secondary N) is 1. The van der Waals surface area contributed by atoms with Crippen molar-refractivity contribution in [1.29, 1.82) is 0 Å². The molecular weight excluding hydrogens is 290 g/mol. The lowest BCUT2D eigenvalue weighted by Gasteiger charge is -2.05. The third-order valence-electron chi connectivity index (χ3n) is 3.21. The van der Waals surface area contributed by atoms with Crippen LogP contribution in [0.1, 0.15) is 5.69 Å². The number of H-pyrrole nitrogens is 1. The van der Waals surface area contributed by atoms with Crippen LogP contribution in [0.5, 0.6) is 0 Å². The average Bonchev–Trinajstić information content (AvgIpc) is 2.85. The van der Waals surface area contributed by atoms with Crippen molar-refractivity contribution < 1.29 is 4.74 Å². The Morgan fingerprint density at radius 3 is 2.60 bits per heavy atom. The third kappa shape index (κ3) is 2.19. The monoisotopic (exact) mass is 301 g/mol. The first kappa shape index (κ1) is 13.2. The molecule has 0 radical (unpaired) electrons. The maximum absolute atomic E-state index is 6.12. The molecule has 0 aliphatic heterocycles. The van der Waals surface area contributed by atoms with Crippen LogP contribution < -0.4 is 0 Å². The molecule has 0 aliphatic carbocycles. The number of rotatable bonds is 2. The lowest BCUT2D eigenvalue weighted by molar-refractivity contribution is 0.415. The molecule has 1 N–H and O–H groups in total. The lowest BCUT2D eigenvalue weighted by Crippen LogP contribution is -2.01. The van der Waals surface area contributed by atoms with Gasteiger partial charge in [-0.3, -0.25) is 0 Å². The normalized spacial score (nSPS) is 10.7. The standard InChI is InChI=1S/C16H12ClNOS/c1-19-16(20)15-14(10-5-3-2-4-6-10)12-9-11(17)7-8-13(12)18-15/h2-9,18H,1H3. The van der Waals surface area contributed by atoms with Crippen LogP contribution in [-0.4, -0.2) is 17.1 Å². The summed E-state index contributed by atoms with van der Waals surface area (Å²) in [5.41, 5.74) is 3.90. The highest BCUT2D eigenvalue weighted by Crippen LogP contribution is 2.34. The number of ether oxygens (including phenoxy) is 1. The molecular formula is C16H12ClNOS. The number of fused-ring (bicyclic) bond motifs is 1. The van der Waals surface area contributed by atoms with E-state index in [1.165, 1.54) is 0 Å². The number of benzene rings is 2. The smallest absolute Gasteiger partial charge is 0.208 e. The fraction of sp³-hybridized carbons (Fsp3) is 0.0625. The fourth-order valence-electron chi connectivity index (χ4n) is 2.32. The van der Waals surface area contributed by atoms with Crippen molar-refractivity contribution in [2.45, 2.75) is 0 Å². The van der Waals surface area contributed by atoms with Gasteiger partial charge in [0.25, 0.3) is 0 Å². The van der Waals surface area contributed by atoms with Crippen LogP contribution in [0.3, 0.4) is 0 Å². The SMILES string of the molecule is COC(=S)c1[nH]c2ccc(Cl)cc2c1-c1ccccc1. The molecule has 1 aromatic heterocycles. The summed E-state index contributed by atoms with van der Waals surface area (Å²) in [6, 6.07) is 15.8. The molecule has 3 rings (SSSR count). The molecule has 1 heterocycles. The molecule has 2 aromatic carbocycles. The summed E-state index contributed by atoms with van der Waals surface area (Å²) in [4.78, 5) is 3.32. The molecule has 0 aliphatic rings. The van der Waals surface area contributed by atoms with E-state index in [4.69, 9.17) is 28.6 Å². The maximum Gasteiger partial charge on any atom is 0.208 e. The molecule has 0 bridgehead atoms. The van der Waals surface area contributed by atoms with Crippen molar-refractivity contribution >= 4 is 39.8 Å². The van der Waals surface area contributed by atoms with Crippen molar-refractivity contribution in [3.8, 4) is 11.1 Å². The number of aromatic amines is 1. The topological polar surface area (TPSA) is 25.0 Å². The maximum atomic E-state index is 6.12. The highest BCUT2D eigenvalue weighted by molar-refractivity contribution is 7.80. The summed E-state index contributed by atoms with van der Waals surface area (Å²) in [6.45, 7) is 0. The van der Waals surface area contributed by atoms with Crippen molar-refractivity contribution in [2.24, 2.45) is 0 Å². The van der Waals surface area contributed by atoms with Crippen molar-refractivity contribution in [2.75, 3.05) is 7.11 Å². The molecule has 0 saturated heterocycles. The minimum absolute atomic E-state index is 0.441. The second-order valence-corrected chi connectivity index (χ2v) is 5.23. The zero-order chi connectivity index (χ0) is 14.1. The van der Waals surface area contributed by atoms with Gasteiger partial charge in [-0.1, -0.05) is 41.9 Å². The second-order valence-electron chi connectivity index (χ2n) is 4.42. The number of hydrogen-bond acceptors (Lipinski definition) is 2. The van der Waals surface area contributed by atoms with E-state index < -0.39 is 0 Å². The second kappa shape index (κ2) is 5.27. The molecule has 0 fully saturated rings. The van der Waals surface area contributed by atoms with Crippen LogP contribution in [0.2, 0.25) is 5.02 Å². The molecule has 0 amide bonds. The molecule has 2 nitrogen and oxygen atoms in total. The molecule has 100 valence electrons. The van der Waals surface area contributed by atoms with Gasteiger partial charge in [0.2, 0.25) is 5.05 Å². The highest BCUT2D eigenvalue weighted by Gasteiger charge is 2.17. The number of thiocarbonyl (C=S) groups is 1. The number of halogens is 1. The van der Waals surface area contributed by atoms with Crippen LogP contribution in [0.15, 0.2) is 48.5 Å². The van der Waals surface area contributed by atoms with Gasteiger partial charge in [0.05, 0.1) is 7.11 Å². The highest BCUT2D eigenvalue weighted by atomic mass is 35.5. The Morgan fingerprint density at radius 2 is 1.90 bits per heavy atom. The van der Waals surface area contributed by atoms with Gasteiger partial charge in [-0.25, -0.2) is 0 Å². The Hall–Kier alpha value is -1.84. The molecule has 0 unspecified atom stereocenters. The van der Waals surface area contributed by atoms with Crippen molar-refractivity contribution in [3.05, 3.63) is 59.2 Å². The van der Waals surface area contributed by atoms with Crippen LogP contribution >= 0.6 is 23.8 Å². The summed E-state index contributed by atoms with van der Waals surface area (Å²) in [6.07, 6.45) is 0. The van der Waals surface area contributed by atoms with E-state index in [1.54, 1.807) is 7.11 Å². The Morgan fingerprint density at radius 1 is 1.15 bits per heavy atom. The molecule has 0 spiro atoms. The van der Waals surface area contributed by atoms with Gasteiger partial charge in [0, 0.05) is 21.5 Å². The van der Waals surface area contributed by atoms with E-state index in [-0.39, 0.29) is 0 Å². The van der Waals surface area contributed by atoms with Gasteiger partial charge in [-0.2, -0.15) is 0 Å². The number of aromatic nitrogens is 1. The summed E-state index contributed by atoms with van der Waals surface area (Å²) in [5, 5.41) is 2.18. The van der Waals surface area contributed by atoms with E-state index in [0.717, 1.165) is 27.7 Å². The predicted molar refractivity (Wildman–Crippen MR) is 87.5 cm³/mol. The molecule has 3 aromatic rings. The first-order valence-corrected chi connectivity index (χ1v) is 6.94. The fourth-order valence-corrected chi connectivity index (χ4v) is 2.65. The van der Waals surface area contributed by atoms with Gasteiger partial charge >= 0.3 is 0 Å². The lowest BCUT2D eigenvalue weighted by atomic mass is 10.0. The predicted octanol–water partition coefficient (Wildman–Crippen LogP) is 4.81. The van der Waals surface area contributed by atoms with Crippen LogP contribution in [0.4, 0.5) is 0 Å². The van der Waals surface area contributed by atoms with E-state index in [1.807, 2.05) is 48.5 Å². The van der Waals surface area contributed by atoms with Crippen LogP contribution in [0.25, 0.3) is 22.0 Å². The molecule has 20 heavy (non-hydrogen) atoms. The van der Waals surface area contributed by atoms with Gasteiger partial charge in [0.15, 0.2) is 0 Å². The first-order chi connectivity index (χ1) is 9.70. The Bertz CT molecular complexity index is 780. The van der Waals surface area contributed by atoms with E-state index in [9.17, 15) is 0 Å². The van der Waals surface area contributed by atoms with E-state index >= 15 is 0 Å². The van der Waals surface area contributed by atoms with Crippen LogP contribution in [-0.2, 0) is 4.74 Å². The summed E-state index contributed by atoms with van der Waals surface area (Å²) < 4.78 is 5.23. The Labute approximate surface area is 127 Å². The van der Waals surface area contributed by atoms with E-state index in [2.05, 4.69) is 4.98 Å². The summed E-state index contributed by atoms with van der Waals surface area (Å²) in [5.74, 6) is 0. The van der Waals surface area contributed by atoms with Crippen molar-refractivity contribution in [3.63, 3.8) is 0 Å². The minimum Gasteiger partial charge on any atom is -0.485 e. The van der Waals surface area contributed by atoms with Gasteiger partial charge in [0.1, 0.15) is 5.69 Å². The summed E-state index contributed by atoms with van der Waals surface area (Å²) >= 11 is 11.4. The zero-order valence-corrected chi connectivity index (χ0v) is 12.4. The zero-order valence-electron chi connectivity index (χ0n) is 10.8. The van der Waals surface area contributed by atoms with Gasteiger partial charge in [-0.15, -0.1) is 0 Å². The third-order valence-corrected chi connectivity index (χ3v) is 3.82. The molecule has 0 atom stereocenters. The Kier molecular flexibility index (Phi) is 3.47. The van der Waals surface area contributed by atoms with E-state index in [0.29, 0.717) is 10.1 Å². The number of hydrogen-bond donors (Lipinski definition) is 1. The quantitative estimate of drug-likeness (QED) is 0.687. The molecule has 4 heteroatoms. The first-order valence-electron chi connectivity index (χ1n) is 6.15. The number of methoxy groups -OCH3 is 1. The summed E-state index contributed by atoms with van der Waals surface area (Å²) in [7, 11) is 1.58.